The predicted molar refractivity (Wildman–Crippen MR) is 154 cm³/mol. The van der Waals surface area contributed by atoms with Crippen LogP contribution in [0.25, 0.3) is 0 Å². The third-order valence-electron chi connectivity index (χ3n) is 8.94. The van der Waals surface area contributed by atoms with Crippen molar-refractivity contribution in [1.29, 1.82) is 0 Å². The number of carbonyl (C=O) groups is 1. The number of amides is 1. The van der Waals surface area contributed by atoms with Crippen LogP contribution in [0, 0.1) is 13.8 Å². The van der Waals surface area contributed by atoms with E-state index in [9.17, 15) is 18.0 Å². The number of benzene rings is 2. The molecule has 2 fully saturated rings. The second kappa shape index (κ2) is 11.8. The standard InChI is InChI=1S/C32H38F3N5O/c1-23-29(24(2)37-22-36-23)30(41)38-18-14-31(3,15-19-38)39-16-12-27(13-17-39)40(21-25-8-5-4-6-9-25)28-11-7-10-26(20-28)32(33,34)35/h4-11,20,22,27H,12-19,21H2,1-3H3. The first-order valence-electron chi connectivity index (χ1n) is 14.4. The topological polar surface area (TPSA) is 52.6 Å². The minimum absolute atomic E-state index is 0.000927. The Morgan fingerprint density at radius 3 is 2.20 bits per heavy atom. The molecule has 9 heteroatoms. The molecule has 2 aromatic carbocycles. The molecule has 3 heterocycles. The molecule has 6 nitrogen and oxygen atoms in total. The van der Waals surface area contributed by atoms with E-state index >= 15 is 0 Å². The van der Waals surface area contributed by atoms with Gasteiger partial charge in [-0.3, -0.25) is 9.69 Å². The zero-order valence-electron chi connectivity index (χ0n) is 24.0. The van der Waals surface area contributed by atoms with E-state index in [1.165, 1.54) is 18.5 Å². The van der Waals surface area contributed by atoms with E-state index in [2.05, 4.69) is 26.7 Å². The first-order valence-corrected chi connectivity index (χ1v) is 14.4. The SMILES string of the molecule is Cc1ncnc(C)c1C(=O)N1CCC(C)(N2CCC(N(Cc3ccccc3)c3cccc(C(F)(F)F)c3)CC2)CC1. The Bertz CT molecular complexity index is 1330. The summed E-state index contributed by atoms with van der Waals surface area (Å²) in [5.41, 5.74) is 3.05. The van der Waals surface area contributed by atoms with E-state index in [0.717, 1.165) is 50.4 Å². The number of rotatable bonds is 6. The van der Waals surface area contributed by atoms with Crippen LogP contribution in [0.15, 0.2) is 60.9 Å². The van der Waals surface area contributed by atoms with Crippen molar-refractivity contribution in [1.82, 2.24) is 19.8 Å². The number of hydrogen-bond donors (Lipinski definition) is 0. The van der Waals surface area contributed by atoms with E-state index in [1.807, 2.05) is 49.1 Å². The maximum Gasteiger partial charge on any atom is 0.416 e. The Balaban J connectivity index is 1.26. The summed E-state index contributed by atoms with van der Waals surface area (Å²) in [5.74, 6) is -0.000927. The van der Waals surface area contributed by atoms with Crippen LogP contribution >= 0.6 is 0 Å². The fraction of sp³-hybridized carbons (Fsp3) is 0.469. The molecule has 1 aromatic heterocycles. The Hall–Kier alpha value is -3.46. The Kier molecular flexibility index (Phi) is 8.36. The van der Waals surface area contributed by atoms with Crippen LogP contribution in [0.3, 0.4) is 0 Å². The van der Waals surface area contributed by atoms with Gasteiger partial charge in [0.2, 0.25) is 0 Å². The third kappa shape index (κ3) is 6.40. The molecule has 2 saturated heterocycles. The maximum absolute atomic E-state index is 13.6. The van der Waals surface area contributed by atoms with Crippen molar-refractivity contribution in [2.24, 2.45) is 0 Å². The average molecular weight is 566 g/mol. The molecule has 3 aromatic rings. The average Bonchev–Trinajstić information content (AvgIpc) is 2.96. The maximum atomic E-state index is 13.6. The molecule has 5 rings (SSSR count). The van der Waals surface area contributed by atoms with Crippen LogP contribution in [-0.2, 0) is 12.7 Å². The van der Waals surface area contributed by atoms with E-state index in [0.29, 0.717) is 42.3 Å². The number of alkyl halides is 3. The molecule has 1 amide bonds. The summed E-state index contributed by atoms with van der Waals surface area (Å²) in [6.45, 7) is 9.62. The van der Waals surface area contributed by atoms with Crippen molar-refractivity contribution in [2.45, 2.75) is 70.8 Å². The summed E-state index contributed by atoms with van der Waals surface area (Å²) in [5, 5.41) is 0. The van der Waals surface area contributed by atoms with Gasteiger partial charge < -0.3 is 9.80 Å². The van der Waals surface area contributed by atoms with Crippen molar-refractivity contribution < 1.29 is 18.0 Å². The highest BCUT2D eigenvalue weighted by Gasteiger charge is 2.40. The number of nitrogens with zero attached hydrogens (tertiary/aromatic N) is 5. The van der Waals surface area contributed by atoms with Gasteiger partial charge in [-0.2, -0.15) is 13.2 Å². The minimum Gasteiger partial charge on any atom is -0.364 e. The lowest BCUT2D eigenvalue weighted by Crippen LogP contribution is -2.58. The molecule has 0 saturated carbocycles. The molecule has 2 aliphatic heterocycles. The van der Waals surface area contributed by atoms with Crippen LogP contribution in [0.1, 0.15) is 65.5 Å². The van der Waals surface area contributed by atoms with Crippen LogP contribution in [0.2, 0.25) is 0 Å². The molecule has 0 radical (unpaired) electrons. The lowest BCUT2D eigenvalue weighted by atomic mass is 9.85. The van der Waals surface area contributed by atoms with Gasteiger partial charge in [0, 0.05) is 50.0 Å². The van der Waals surface area contributed by atoms with Gasteiger partial charge in [-0.05, 0) is 70.2 Å². The number of hydrogen-bond acceptors (Lipinski definition) is 5. The number of anilines is 1. The van der Waals surface area contributed by atoms with Gasteiger partial charge >= 0.3 is 6.18 Å². The monoisotopic (exact) mass is 565 g/mol. The summed E-state index contributed by atoms with van der Waals surface area (Å²) in [6, 6.07) is 15.8. The van der Waals surface area contributed by atoms with Crippen LogP contribution in [-0.4, -0.2) is 63.4 Å². The normalized spacial score (nSPS) is 18.3. The molecular weight excluding hydrogens is 527 g/mol. The van der Waals surface area contributed by atoms with Gasteiger partial charge in [0.05, 0.1) is 22.5 Å². The molecule has 0 bridgehead atoms. The van der Waals surface area contributed by atoms with Crippen molar-refractivity contribution in [3.05, 3.63) is 89.0 Å². The van der Waals surface area contributed by atoms with E-state index < -0.39 is 11.7 Å². The van der Waals surface area contributed by atoms with Crippen molar-refractivity contribution >= 4 is 11.6 Å². The van der Waals surface area contributed by atoms with Gasteiger partial charge in [0.25, 0.3) is 5.91 Å². The van der Waals surface area contributed by atoms with Crippen LogP contribution in [0.4, 0.5) is 18.9 Å². The number of piperidine rings is 2. The molecule has 0 spiro atoms. The van der Waals surface area contributed by atoms with Crippen LogP contribution in [0.5, 0.6) is 0 Å². The minimum atomic E-state index is -4.38. The van der Waals surface area contributed by atoms with E-state index in [1.54, 1.807) is 6.07 Å². The Labute approximate surface area is 240 Å². The Morgan fingerprint density at radius 1 is 0.951 bits per heavy atom. The highest BCUT2D eigenvalue weighted by Crippen LogP contribution is 2.36. The Morgan fingerprint density at radius 2 is 1.59 bits per heavy atom. The zero-order valence-corrected chi connectivity index (χ0v) is 24.0. The first kappa shape index (κ1) is 29.0. The summed E-state index contributed by atoms with van der Waals surface area (Å²) in [4.78, 5) is 28.3. The quantitative estimate of drug-likeness (QED) is 0.352. The second-order valence-electron chi connectivity index (χ2n) is 11.6. The summed E-state index contributed by atoms with van der Waals surface area (Å²) >= 11 is 0. The predicted octanol–water partition coefficient (Wildman–Crippen LogP) is 6.28. The van der Waals surface area contributed by atoms with Crippen molar-refractivity contribution in [3.63, 3.8) is 0 Å². The number of halogens is 3. The van der Waals surface area contributed by atoms with E-state index in [-0.39, 0.29) is 17.5 Å². The number of carbonyl (C=O) groups excluding carboxylic acids is 1. The van der Waals surface area contributed by atoms with Crippen LogP contribution < -0.4 is 4.90 Å². The lowest BCUT2D eigenvalue weighted by Gasteiger charge is -2.50. The van der Waals surface area contributed by atoms with Gasteiger partial charge in [-0.25, -0.2) is 9.97 Å². The molecule has 0 N–H and O–H groups in total. The van der Waals surface area contributed by atoms with Crippen molar-refractivity contribution in [2.75, 3.05) is 31.1 Å². The van der Waals surface area contributed by atoms with Crippen molar-refractivity contribution in [3.8, 4) is 0 Å². The highest BCUT2D eigenvalue weighted by atomic mass is 19.4. The van der Waals surface area contributed by atoms with Gasteiger partial charge in [0.15, 0.2) is 0 Å². The molecule has 0 atom stereocenters. The van der Waals surface area contributed by atoms with Gasteiger partial charge in [-0.15, -0.1) is 0 Å². The third-order valence-corrected chi connectivity index (χ3v) is 8.94. The van der Waals surface area contributed by atoms with Gasteiger partial charge in [0.1, 0.15) is 6.33 Å². The highest BCUT2D eigenvalue weighted by molar-refractivity contribution is 5.96. The molecule has 41 heavy (non-hydrogen) atoms. The zero-order chi connectivity index (χ0) is 29.2. The summed E-state index contributed by atoms with van der Waals surface area (Å²) < 4.78 is 40.7. The molecular formula is C32H38F3N5O. The molecule has 218 valence electrons. The second-order valence-corrected chi connectivity index (χ2v) is 11.6. The summed E-state index contributed by atoms with van der Waals surface area (Å²) in [7, 11) is 0. The van der Waals surface area contributed by atoms with E-state index in [4.69, 9.17) is 0 Å². The smallest absolute Gasteiger partial charge is 0.364 e. The number of likely N-dealkylation sites (tertiary alicyclic amines) is 2. The number of aromatic nitrogens is 2. The lowest BCUT2D eigenvalue weighted by molar-refractivity contribution is -0.137. The summed E-state index contributed by atoms with van der Waals surface area (Å²) in [6.07, 6.45) is 0.578. The van der Waals surface area contributed by atoms with Gasteiger partial charge in [-0.1, -0.05) is 36.4 Å². The largest absolute Gasteiger partial charge is 0.416 e. The first-order chi connectivity index (χ1) is 19.5. The molecule has 0 unspecified atom stereocenters. The fourth-order valence-electron chi connectivity index (χ4n) is 6.36. The fourth-order valence-corrected chi connectivity index (χ4v) is 6.36. The molecule has 0 aliphatic carbocycles. The molecule has 2 aliphatic rings. The number of aryl methyl sites for hydroxylation is 2.